The van der Waals surface area contributed by atoms with Crippen molar-refractivity contribution in [2.75, 3.05) is 6.61 Å². The van der Waals surface area contributed by atoms with Crippen molar-refractivity contribution < 1.29 is 14.3 Å². The molecule has 1 atom stereocenters. The van der Waals surface area contributed by atoms with Crippen LogP contribution in [0.3, 0.4) is 0 Å². The Labute approximate surface area is 196 Å². The van der Waals surface area contributed by atoms with Gasteiger partial charge in [-0.25, -0.2) is 14.5 Å². The molecule has 4 rings (SSSR count). The predicted octanol–water partition coefficient (Wildman–Crippen LogP) is 5.51. The standard InChI is InChI=1S/C27H33N3O3/c1-19-28-25-24(26(31)33-27(2,3)4)23(32-18-21-13-9-6-10-14-21)17-22(30(25)29-19)16-15-20-11-7-5-8-12-20/h5-9,11-13,22H,10,14-18H2,1-4H3. The Hall–Kier alpha value is -3.15. The van der Waals surface area contributed by atoms with Gasteiger partial charge in [-0.1, -0.05) is 48.6 Å². The van der Waals surface area contributed by atoms with Crippen LogP contribution in [0.25, 0.3) is 5.57 Å². The highest BCUT2D eigenvalue weighted by Crippen LogP contribution is 2.37. The summed E-state index contributed by atoms with van der Waals surface area (Å²) < 4.78 is 14.0. The first-order valence-electron chi connectivity index (χ1n) is 11.7. The van der Waals surface area contributed by atoms with Crippen LogP contribution in [-0.2, 0) is 20.7 Å². The van der Waals surface area contributed by atoms with Gasteiger partial charge in [0.2, 0.25) is 0 Å². The number of allylic oxidation sites excluding steroid dienone is 4. The summed E-state index contributed by atoms with van der Waals surface area (Å²) in [5.41, 5.74) is 2.28. The molecule has 1 unspecified atom stereocenters. The molecule has 2 aliphatic rings. The fourth-order valence-electron chi connectivity index (χ4n) is 4.20. The van der Waals surface area contributed by atoms with Crippen LogP contribution in [0.15, 0.2) is 59.9 Å². The number of nitrogens with zero attached hydrogens (tertiary/aromatic N) is 3. The van der Waals surface area contributed by atoms with E-state index in [0.29, 0.717) is 36.0 Å². The molecule has 0 amide bonds. The molecule has 6 heteroatoms. The molecule has 0 saturated heterocycles. The van der Waals surface area contributed by atoms with Gasteiger partial charge in [-0.15, -0.1) is 0 Å². The molecule has 0 spiro atoms. The first kappa shape index (κ1) is 23.0. The molecule has 33 heavy (non-hydrogen) atoms. The van der Waals surface area contributed by atoms with Crippen LogP contribution in [0.5, 0.6) is 0 Å². The molecule has 1 aromatic heterocycles. The number of carbonyl (C=O) groups is 1. The Morgan fingerprint density at radius 2 is 2.00 bits per heavy atom. The number of fused-ring (bicyclic) bond motifs is 1. The highest BCUT2D eigenvalue weighted by molar-refractivity contribution is 6.16. The van der Waals surface area contributed by atoms with E-state index in [1.54, 1.807) is 0 Å². The van der Waals surface area contributed by atoms with Gasteiger partial charge in [0.25, 0.3) is 0 Å². The van der Waals surface area contributed by atoms with E-state index < -0.39 is 11.6 Å². The number of ether oxygens (including phenoxy) is 2. The van der Waals surface area contributed by atoms with Gasteiger partial charge < -0.3 is 9.47 Å². The zero-order chi connectivity index (χ0) is 23.4. The van der Waals surface area contributed by atoms with Crippen molar-refractivity contribution in [2.45, 2.75) is 71.4 Å². The number of esters is 1. The van der Waals surface area contributed by atoms with E-state index in [9.17, 15) is 4.79 Å². The number of aromatic nitrogens is 3. The van der Waals surface area contributed by atoms with E-state index in [4.69, 9.17) is 9.47 Å². The Balaban J connectivity index is 1.65. The molecule has 0 N–H and O–H groups in total. The normalized spacial score (nSPS) is 18.1. The average molecular weight is 448 g/mol. The van der Waals surface area contributed by atoms with E-state index in [1.807, 2.05) is 38.4 Å². The second kappa shape index (κ2) is 9.77. The predicted molar refractivity (Wildman–Crippen MR) is 128 cm³/mol. The Bertz CT molecular complexity index is 1090. The summed E-state index contributed by atoms with van der Waals surface area (Å²) in [6.45, 7) is 7.92. The van der Waals surface area contributed by atoms with Crippen molar-refractivity contribution in [3.63, 3.8) is 0 Å². The van der Waals surface area contributed by atoms with Gasteiger partial charge in [0.15, 0.2) is 5.82 Å². The number of hydrogen-bond acceptors (Lipinski definition) is 5. The molecule has 0 radical (unpaired) electrons. The molecular formula is C27H33N3O3. The van der Waals surface area contributed by atoms with Crippen molar-refractivity contribution in [1.29, 1.82) is 0 Å². The van der Waals surface area contributed by atoms with E-state index in [0.717, 1.165) is 25.7 Å². The van der Waals surface area contributed by atoms with Crippen LogP contribution in [0.2, 0.25) is 0 Å². The largest absolute Gasteiger partial charge is 0.492 e. The smallest absolute Gasteiger partial charge is 0.345 e. The maximum Gasteiger partial charge on any atom is 0.345 e. The molecule has 174 valence electrons. The maximum absolute atomic E-state index is 13.3. The summed E-state index contributed by atoms with van der Waals surface area (Å²) in [7, 11) is 0. The molecule has 2 aromatic rings. The number of aryl methyl sites for hydroxylation is 2. The van der Waals surface area contributed by atoms with Gasteiger partial charge in [0.1, 0.15) is 29.4 Å². The minimum absolute atomic E-state index is 0.0582. The molecular weight excluding hydrogens is 414 g/mol. The summed E-state index contributed by atoms with van der Waals surface area (Å²) in [6, 6.07) is 10.5. The third kappa shape index (κ3) is 5.81. The van der Waals surface area contributed by atoms with Gasteiger partial charge in [0, 0.05) is 6.42 Å². The minimum Gasteiger partial charge on any atom is -0.492 e. The van der Waals surface area contributed by atoms with Crippen LogP contribution >= 0.6 is 0 Å². The van der Waals surface area contributed by atoms with Crippen LogP contribution < -0.4 is 0 Å². The zero-order valence-corrected chi connectivity index (χ0v) is 20.0. The minimum atomic E-state index is -0.615. The van der Waals surface area contributed by atoms with E-state index >= 15 is 0 Å². The summed E-state index contributed by atoms with van der Waals surface area (Å²) in [5.74, 6) is 1.42. The summed E-state index contributed by atoms with van der Waals surface area (Å²) in [4.78, 5) is 17.9. The summed E-state index contributed by atoms with van der Waals surface area (Å²) in [6.07, 6.45) is 10.7. The fourth-order valence-corrected chi connectivity index (χ4v) is 4.20. The van der Waals surface area contributed by atoms with Gasteiger partial charge in [-0.05, 0) is 64.5 Å². The third-order valence-electron chi connectivity index (χ3n) is 5.75. The van der Waals surface area contributed by atoms with Crippen LogP contribution in [0.1, 0.15) is 69.7 Å². The lowest BCUT2D eigenvalue weighted by molar-refractivity contribution is -0.147. The number of rotatable bonds is 7. The second-order valence-electron chi connectivity index (χ2n) is 9.69. The topological polar surface area (TPSA) is 66.2 Å². The highest BCUT2D eigenvalue weighted by atomic mass is 16.6. The SMILES string of the molecule is Cc1nc2n(n1)C(CCc1ccccc1)CC(OCC1=CC=CCC1)=C2C(=O)OC(C)(C)C. The third-order valence-corrected chi connectivity index (χ3v) is 5.75. The molecule has 1 aliphatic heterocycles. The van der Waals surface area contributed by atoms with E-state index in [-0.39, 0.29) is 6.04 Å². The summed E-state index contributed by atoms with van der Waals surface area (Å²) in [5, 5.41) is 4.65. The molecule has 6 nitrogen and oxygen atoms in total. The van der Waals surface area contributed by atoms with Gasteiger partial charge in [0.05, 0.1) is 6.04 Å². The molecule has 0 fully saturated rings. The Morgan fingerprint density at radius 3 is 2.70 bits per heavy atom. The van der Waals surface area contributed by atoms with Crippen LogP contribution in [0, 0.1) is 6.92 Å². The second-order valence-corrected chi connectivity index (χ2v) is 9.69. The fraction of sp³-hybridized carbons (Fsp3) is 0.444. The van der Waals surface area contributed by atoms with Gasteiger partial charge in [-0.2, -0.15) is 5.10 Å². The van der Waals surface area contributed by atoms with E-state index in [2.05, 4.69) is 52.6 Å². The first-order valence-corrected chi connectivity index (χ1v) is 11.7. The number of hydrogen-bond donors (Lipinski definition) is 0. The number of benzene rings is 1. The van der Waals surface area contributed by atoms with Gasteiger partial charge in [-0.3, -0.25) is 0 Å². The first-order chi connectivity index (χ1) is 15.8. The van der Waals surface area contributed by atoms with E-state index in [1.165, 1.54) is 11.1 Å². The van der Waals surface area contributed by atoms with Crippen molar-refractivity contribution >= 4 is 11.5 Å². The molecule has 1 aromatic carbocycles. The lowest BCUT2D eigenvalue weighted by Crippen LogP contribution is -2.30. The Morgan fingerprint density at radius 1 is 1.21 bits per heavy atom. The molecule has 2 heterocycles. The zero-order valence-electron chi connectivity index (χ0n) is 20.0. The molecule has 1 aliphatic carbocycles. The van der Waals surface area contributed by atoms with Crippen LogP contribution in [-0.4, -0.2) is 32.9 Å². The van der Waals surface area contributed by atoms with Crippen LogP contribution in [0.4, 0.5) is 0 Å². The Kier molecular flexibility index (Phi) is 6.82. The molecule has 0 saturated carbocycles. The van der Waals surface area contributed by atoms with Gasteiger partial charge >= 0.3 is 5.97 Å². The van der Waals surface area contributed by atoms with Crippen molar-refractivity contribution in [1.82, 2.24) is 14.8 Å². The number of carbonyl (C=O) groups excluding carboxylic acids is 1. The quantitative estimate of drug-likeness (QED) is 0.524. The summed E-state index contributed by atoms with van der Waals surface area (Å²) >= 11 is 0. The van der Waals surface area contributed by atoms with Crippen molar-refractivity contribution in [3.8, 4) is 0 Å². The average Bonchev–Trinajstić information content (AvgIpc) is 3.17. The molecule has 0 bridgehead atoms. The maximum atomic E-state index is 13.3. The highest BCUT2D eigenvalue weighted by Gasteiger charge is 2.36. The lowest BCUT2D eigenvalue weighted by atomic mass is 9.97. The lowest BCUT2D eigenvalue weighted by Gasteiger charge is -2.29. The van der Waals surface area contributed by atoms with Crippen molar-refractivity contribution in [3.05, 3.63) is 77.1 Å². The van der Waals surface area contributed by atoms with Crippen molar-refractivity contribution in [2.24, 2.45) is 0 Å². The monoisotopic (exact) mass is 447 g/mol.